The number of hydrogen-bond donors (Lipinski definition) is 1. The lowest BCUT2D eigenvalue weighted by molar-refractivity contribution is 0.110. The van der Waals surface area contributed by atoms with Gasteiger partial charge in [-0.25, -0.2) is 0 Å². The molecule has 1 heterocycles. The van der Waals surface area contributed by atoms with Crippen LogP contribution in [0.3, 0.4) is 0 Å². The number of aromatic nitrogens is 1. The molecule has 1 aromatic rings. The molecule has 0 aliphatic carbocycles. The molecular formula is C12H18N2OS. The van der Waals surface area contributed by atoms with Gasteiger partial charge in [0.1, 0.15) is 10.7 Å². The van der Waals surface area contributed by atoms with Crippen molar-refractivity contribution >= 4 is 17.2 Å². The summed E-state index contributed by atoms with van der Waals surface area (Å²) in [5, 5.41) is 0. The number of thiocarbonyl (C=S) groups is 1. The molecule has 0 aromatic carbocycles. The van der Waals surface area contributed by atoms with Crippen LogP contribution in [0.2, 0.25) is 0 Å². The Hall–Kier alpha value is -1.00. The van der Waals surface area contributed by atoms with E-state index >= 15 is 0 Å². The molecule has 0 unspecified atom stereocenters. The molecule has 1 rings (SSSR count). The highest BCUT2D eigenvalue weighted by molar-refractivity contribution is 7.80. The molecular weight excluding hydrogens is 220 g/mol. The fourth-order valence-electron chi connectivity index (χ4n) is 1.28. The lowest BCUT2D eigenvalue weighted by Gasteiger charge is -2.09. The van der Waals surface area contributed by atoms with Crippen LogP contribution < -0.4 is 5.73 Å². The predicted octanol–water partition coefficient (Wildman–Crippen LogP) is 2.28. The summed E-state index contributed by atoms with van der Waals surface area (Å²) in [4.78, 5) is 4.47. The van der Waals surface area contributed by atoms with Crippen molar-refractivity contribution in [2.75, 3.05) is 6.61 Å². The van der Waals surface area contributed by atoms with Gasteiger partial charge in [0.2, 0.25) is 0 Å². The van der Waals surface area contributed by atoms with Gasteiger partial charge in [0.15, 0.2) is 0 Å². The van der Waals surface area contributed by atoms with Gasteiger partial charge in [-0.05, 0) is 18.4 Å². The largest absolute Gasteiger partial charge is 0.388 e. The summed E-state index contributed by atoms with van der Waals surface area (Å²) in [5.74, 6) is 0.656. The van der Waals surface area contributed by atoms with Crippen LogP contribution in [-0.4, -0.2) is 16.6 Å². The number of ether oxygens (including phenoxy) is 1. The number of pyridine rings is 1. The maximum Gasteiger partial charge on any atom is 0.123 e. The second kappa shape index (κ2) is 6.55. The minimum Gasteiger partial charge on any atom is -0.388 e. The molecule has 2 N–H and O–H groups in total. The van der Waals surface area contributed by atoms with Crippen molar-refractivity contribution in [1.82, 2.24) is 4.98 Å². The highest BCUT2D eigenvalue weighted by Gasteiger charge is 2.05. The first-order valence-electron chi connectivity index (χ1n) is 5.42. The number of rotatable bonds is 6. The Morgan fingerprint density at radius 3 is 2.94 bits per heavy atom. The first kappa shape index (κ1) is 13.1. The molecule has 88 valence electrons. The predicted molar refractivity (Wildman–Crippen MR) is 69.2 cm³/mol. The third-order valence-electron chi connectivity index (χ3n) is 2.22. The summed E-state index contributed by atoms with van der Waals surface area (Å²) in [6.07, 6.45) is 2.74. The second-order valence-electron chi connectivity index (χ2n) is 4.11. The molecule has 4 heteroatoms. The molecule has 0 aliphatic heterocycles. The van der Waals surface area contributed by atoms with Gasteiger partial charge in [0.05, 0.1) is 6.61 Å². The zero-order chi connectivity index (χ0) is 12.0. The Morgan fingerprint density at radius 1 is 1.56 bits per heavy atom. The van der Waals surface area contributed by atoms with Gasteiger partial charge in [-0.15, -0.1) is 0 Å². The van der Waals surface area contributed by atoms with Crippen molar-refractivity contribution in [3.05, 3.63) is 29.6 Å². The van der Waals surface area contributed by atoms with Crippen molar-refractivity contribution < 1.29 is 4.74 Å². The third-order valence-corrected chi connectivity index (χ3v) is 2.42. The molecule has 1 aromatic heterocycles. The Morgan fingerprint density at radius 2 is 2.31 bits per heavy atom. The Labute approximate surface area is 102 Å². The number of hydrogen-bond acceptors (Lipinski definition) is 3. The van der Waals surface area contributed by atoms with Crippen LogP contribution in [-0.2, 0) is 11.3 Å². The molecule has 0 radical (unpaired) electrons. The lowest BCUT2D eigenvalue weighted by Crippen LogP contribution is -2.15. The topological polar surface area (TPSA) is 48.1 Å². The van der Waals surface area contributed by atoms with Crippen molar-refractivity contribution in [3.63, 3.8) is 0 Å². The lowest BCUT2D eigenvalue weighted by atomic mass is 10.1. The SMILES string of the molecule is CC(C)CCOCc1cccnc1C(N)=S. The van der Waals surface area contributed by atoms with Crippen LogP contribution in [0.25, 0.3) is 0 Å². The van der Waals surface area contributed by atoms with Gasteiger partial charge in [-0.1, -0.05) is 32.1 Å². The first-order chi connectivity index (χ1) is 7.61. The first-order valence-corrected chi connectivity index (χ1v) is 5.83. The highest BCUT2D eigenvalue weighted by atomic mass is 32.1. The monoisotopic (exact) mass is 238 g/mol. The standard InChI is InChI=1S/C12H18N2OS/c1-9(2)5-7-15-8-10-4-3-6-14-11(10)12(13)16/h3-4,6,9H,5,7-8H2,1-2H3,(H2,13,16). The molecule has 0 fully saturated rings. The molecule has 0 saturated heterocycles. The molecule has 3 nitrogen and oxygen atoms in total. The summed E-state index contributed by atoms with van der Waals surface area (Å²) in [6.45, 7) is 5.62. The van der Waals surface area contributed by atoms with Crippen molar-refractivity contribution in [2.45, 2.75) is 26.9 Å². The van der Waals surface area contributed by atoms with Crippen molar-refractivity contribution in [3.8, 4) is 0 Å². The Balaban J connectivity index is 2.50. The van der Waals surface area contributed by atoms with E-state index in [1.807, 2.05) is 12.1 Å². The van der Waals surface area contributed by atoms with E-state index in [2.05, 4.69) is 18.8 Å². The van der Waals surface area contributed by atoms with E-state index in [1.165, 1.54) is 0 Å². The van der Waals surface area contributed by atoms with Gasteiger partial charge in [0.25, 0.3) is 0 Å². The minimum absolute atomic E-state index is 0.322. The molecule has 0 aliphatic rings. The second-order valence-corrected chi connectivity index (χ2v) is 4.55. The average molecular weight is 238 g/mol. The van der Waals surface area contributed by atoms with Crippen molar-refractivity contribution in [2.24, 2.45) is 11.7 Å². The number of nitrogens with two attached hydrogens (primary N) is 1. The fraction of sp³-hybridized carbons (Fsp3) is 0.500. The zero-order valence-electron chi connectivity index (χ0n) is 9.77. The van der Waals surface area contributed by atoms with Crippen LogP contribution >= 0.6 is 12.2 Å². The Kier molecular flexibility index (Phi) is 5.35. The van der Waals surface area contributed by atoms with Crippen LogP contribution in [0.15, 0.2) is 18.3 Å². The summed E-state index contributed by atoms with van der Waals surface area (Å²) in [5.41, 5.74) is 7.21. The van der Waals surface area contributed by atoms with Gasteiger partial charge < -0.3 is 10.5 Å². The zero-order valence-corrected chi connectivity index (χ0v) is 10.6. The van der Waals surface area contributed by atoms with Crippen LogP contribution in [0, 0.1) is 5.92 Å². The van der Waals surface area contributed by atoms with E-state index in [0.717, 1.165) is 18.6 Å². The van der Waals surface area contributed by atoms with Gasteiger partial charge in [-0.2, -0.15) is 0 Å². The molecule has 0 amide bonds. The van der Waals surface area contributed by atoms with Gasteiger partial charge >= 0.3 is 0 Å². The summed E-state index contributed by atoms with van der Waals surface area (Å²) in [7, 11) is 0. The third kappa shape index (κ3) is 4.24. The summed E-state index contributed by atoms with van der Waals surface area (Å²) < 4.78 is 5.57. The van der Waals surface area contributed by atoms with E-state index in [0.29, 0.717) is 23.2 Å². The maximum atomic E-state index is 5.58. The van der Waals surface area contributed by atoms with Crippen LogP contribution in [0.4, 0.5) is 0 Å². The minimum atomic E-state index is 0.322. The van der Waals surface area contributed by atoms with E-state index in [4.69, 9.17) is 22.7 Å². The number of nitrogens with zero attached hydrogens (tertiary/aromatic N) is 1. The summed E-state index contributed by atoms with van der Waals surface area (Å²) >= 11 is 4.93. The van der Waals surface area contributed by atoms with Crippen LogP contribution in [0.1, 0.15) is 31.5 Å². The summed E-state index contributed by atoms with van der Waals surface area (Å²) in [6, 6.07) is 3.81. The normalized spacial score (nSPS) is 10.7. The molecule has 0 atom stereocenters. The Bertz CT molecular complexity index is 353. The molecule has 0 bridgehead atoms. The van der Waals surface area contributed by atoms with E-state index in [1.54, 1.807) is 6.20 Å². The molecule has 0 saturated carbocycles. The smallest absolute Gasteiger partial charge is 0.123 e. The highest BCUT2D eigenvalue weighted by Crippen LogP contribution is 2.08. The molecule has 0 spiro atoms. The maximum absolute atomic E-state index is 5.58. The van der Waals surface area contributed by atoms with E-state index in [9.17, 15) is 0 Å². The van der Waals surface area contributed by atoms with Gasteiger partial charge in [-0.3, -0.25) is 4.98 Å². The fourth-order valence-corrected chi connectivity index (χ4v) is 1.46. The van der Waals surface area contributed by atoms with Gasteiger partial charge in [0, 0.05) is 18.4 Å². The van der Waals surface area contributed by atoms with Crippen LogP contribution in [0.5, 0.6) is 0 Å². The molecule has 16 heavy (non-hydrogen) atoms. The van der Waals surface area contributed by atoms with E-state index < -0.39 is 0 Å². The quantitative estimate of drug-likeness (QED) is 0.610. The van der Waals surface area contributed by atoms with E-state index in [-0.39, 0.29) is 0 Å². The van der Waals surface area contributed by atoms with Crippen molar-refractivity contribution in [1.29, 1.82) is 0 Å². The average Bonchev–Trinajstić information content (AvgIpc) is 2.24.